The number of aryl methyl sites for hydroxylation is 1. The molecule has 190 valence electrons. The second-order valence-electron chi connectivity index (χ2n) is 8.45. The van der Waals surface area contributed by atoms with Crippen LogP contribution in [0.15, 0.2) is 53.0 Å². The first kappa shape index (κ1) is 27.3. The van der Waals surface area contributed by atoms with E-state index in [2.05, 4.69) is 15.9 Å². The number of alkyl halides is 2. The quantitative estimate of drug-likeness (QED) is 0.282. The van der Waals surface area contributed by atoms with Gasteiger partial charge in [-0.1, -0.05) is 40.2 Å². The molecule has 1 aliphatic heterocycles. The topological polar surface area (TPSA) is 76.1 Å². The van der Waals surface area contributed by atoms with Crippen LogP contribution >= 0.6 is 27.3 Å². The van der Waals surface area contributed by atoms with Crippen molar-refractivity contribution in [3.63, 3.8) is 0 Å². The van der Waals surface area contributed by atoms with Crippen molar-refractivity contribution in [3.8, 4) is 0 Å². The van der Waals surface area contributed by atoms with Gasteiger partial charge >= 0.3 is 18.0 Å². The third-order valence-electron chi connectivity index (χ3n) is 5.40. The Labute approximate surface area is 215 Å². The summed E-state index contributed by atoms with van der Waals surface area (Å²) in [6.07, 6.45) is 1.38. The second-order valence-corrected chi connectivity index (χ2v) is 10.5. The molecule has 1 fully saturated rings. The molecule has 10 heteroatoms. The summed E-state index contributed by atoms with van der Waals surface area (Å²) in [5, 5.41) is 10.2. The highest BCUT2D eigenvalue weighted by molar-refractivity contribution is 9.10. The first-order chi connectivity index (χ1) is 16.6. The number of hydrogen-bond acceptors (Lipinski definition) is 6. The van der Waals surface area contributed by atoms with Gasteiger partial charge in [0.25, 0.3) is 0 Å². The van der Waals surface area contributed by atoms with Crippen LogP contribution in [0, 0.1) is 0 Å². The maximum Gasteiger partial charge on any atom is 0.410 e. The summed E-state index contributed by atoms with van der Waals surface area (Å²) < 4.78 is 40.3. The van der Waals surface area contributed by atoms with E-state index >= 15 is 0 Å². The molecule has 6 nitrogen and oxygen atoms in total. The zero-order valence-electron chi connectivity index (χ0n) is 19.5. The van der Waals surface area contributed by atoms with Crippen LogP contribution in [-0.2, 0) is 21.8 Å². The maximum atomic E-state index is 14.7. The van der Waals surface area contributed by atoms with Crippen molar-refractivity contribution in [1.29, 1.82) is 0 Å². The van der Waals surface area contributed by atoms with E-state index in [0.29, 0.717) is 35.2 Å². The van der Waals surface area contributed by atoms with E-state index in [1.807, 2.05) is 6.07 Å². The van der Waals surface area contributed by atoms with E-state index in [-0.39, 0.29) is 24.2 Å². The Morgan fingerprint density at radius 1 is 1.37 bits per heavy atom. The van der Waals surface area contributed by atoms with Crippen molar-refractivity contribution in [2.45, 2.75) is 57.3 Å². The molecular formula is C25H28BrF2NO5S. The van der Waals surface area contributed by atoms with E-state index in [9.17, 15) is 23.5 Å². The summed E-state index contributed by atoms with van der Waals surface area (Å²) in [5.41, 5.74) is -0.309. The molecule has 1 aromatic heterocycles. The number of thiophene rings is 1. The lowest BCUT2D eigenvalue weighted by Crippen LogP contribution is -2.45. The number of halogens is 3. The molecule has 1 aromatic carbocycles. The predicted octanol–water partition coefficient (Wildman–Crippen LogP) is 5.93. The number of benzene rings is 1. The molecule has 3 rings (SSSR count). The zero-order chi connectivity index (χ0) is 25.6. The average Bonchev–Trinajstić information content (AvgIpc) is 3.27. The summed E-state index contributed by atoms with van der Waals surface area (Å²) in [7, 11) is 0. The fourth-order valence-corrected chi connectivity index (χ4v) is 4.97. The lowest BCUT2D eigenvalue weighted by atomic mass is 10.0. The molecule has 0 spiro atoms. The van der Waals surface area contributed by atoms with Crippen molar-refractivity contribution in [1.82, 2.24) is 4.90 Å². The van der Waals surface area contributed by atoms with Crippen LogP contribution in [0.4, 0.5) is 13.6 Å². The van der Waals surface area contributed by atoms with Gasteiger partial charge in [-0.2, -0.15) is 8.78 Å². The van der Waals surface area contributed by atoms with Gasteiger partial charge in [-0.3, -0.25) is 0 Å². The minimum Gasteiger partial charge on any atom is -0.459 e. The monoisotopic (exact) mass is 571 g/mol. The van der Waals surface area contributed by atoms with Crippen molar-refractivity contribution in [3.05, 3.63) is 68.3 Å². The van der Waals surface area contributed by atoms with Gasteiger partial charge < -0.3 is 19.5 Å². The van der Waals surface area contributed by atoms with Crippen LogP contribution in [0.3, 0.4) is 0 Å². The third kappa shape index (κ3) is 7.35. The highest BCUT2D eigenvalue weighted by Gasteiger charge is 2.39. The SMILES string of the molecule is CC(C)OC(=O)c1ccc(CCCN2C(=O)OCCC2C=CC(O)C(F)(F)c2cccc(Br)c2)s1. The summed E-state index contributed by atoms with van der Waals surface area (Å²) in [6, 6.07) is 8.73. The van der Waals surface area contributed by atoms with Crippen molar-refractivity contribution in [2.24, 2.45) is 0 Å². The number of nitrogens with zero attached hydrogens (tertiary/aromatic N) is 1. The largest absolute Gasteiger partial charge is 0.459 e. The average molecular weight is 572 g/mol. The van der Waals surface area contributed by atoms with Crippen LogP contribution in [0.2, 0.25) is 0 Å². The first-order valence-electron chi connectivity index (χ1n) is 11.3. The number of ether oxygens (including phenoxy) is 2. The summed E-state index contributed by atoms with van der Waals surface area (Å²) in [5.74, 6) is -3.85. The normalized spacial score (nSPS) is 17.6. The van der Waals surface area contributed by atoms with Gasteiger partial charge in [0.05, 0.1) is 18.8 Å². The van der Waals surface area contributed by atoms with Crippen LogP contribution in [0.5, 0.6) is 0 Å². The number of hydrogen-bond donors (Lipinski definition) is 1. The van der Waals surface area contributed by atoms with Gasteiger partial charge in [0.15, 0.2) is 0 Å². The Bertz CT molecular complexity index is 1060. The standard InChI is InChI=1S/C25H28BrF2NO5S/c1-16(2)34-23(31)21-10-9-20(35-21)7-4-13-29-19(12-14-33-24(29)32)8-11-22(30)25(27,28)17-5-3-6-18(26)15-17/h3,5-6,8-11,15-16,19,22,30H,4,7,12-14H2,1-2H3. The third-order valence-corrected chi connectivity index (χ3v) is 7.02. The summed E-state index contributed by atoms with van der Waals surface area (Å²) >= 11 is 4.51. The second kappa shape index (κ2) is 12.1. The number of cyclic esters (lactones) is 1. The molecule has 2 heterocycles. The van der Waals surface area contributed by atoms with E-state index in [4.69, 9.17) is 9.47 Å². The van der Waals surface area contributed by atoms with E-state index in [1.165, 1.54) is 40.5 Å². The molecule has 2 atom stereocenters. The summed E-state index contributed by atoms with van der Waals surface area (Å²) in [6.45, 7) is 4.09. The number of carbonyl (C=O) groups excluding carboxylic acids is 2. The van der Waals surface area contributed by atoms with Crippen LogP contribution in [-0.4, -0.2) is 53.5 Å². The molecule has 1 amide bonds. The molecule has 0 bridgehead atoms. The fraction of sp³-hybridized carbons (Fsp3) is 0.440. The van der Waals surface area contributed by atoms with Crippen molar-refractivity contribution >= 4 is 39.3 Å². The van der Waals surface area contributed by atoms with E-state index in [0.717, 1.165) is 11.0 Å². The Kier molecular flexibility index (Phi) is 9.43. The minimum atomic E-state index is -3.49. The number of amides is 1. The van der Waals surface area contributed by atoms with Gasteiger partial charge in [-0.05, 0) is 51.0 Å². The van der Waals surface area contributed by atoms with Gasteiger partial charge in [-0.25, -0.2) is 9.59 Å². The van der Waals surface area contributed by atoms with Crippen molar-refractivity contribution < 1.29 is 33.0 Å². The molecule has 1 N–H and O–H groups in total. The Morgan fingerprint density at radius 3 is 2.86 bits per heavy atom. The Balaban J connectivity index is 1.60. The molecule has 2 unspecified atom stereocenters. The molecule has 35 heavy (non-hydrogen) atoms. The Morgan fingerprint density at radius 2 is 2.14 bits per heavy atom. The van der Waals surface area contributed by atoms with Crippen LogP contribution < -0.4 is 0 Å². The molecule has 1 aliphatic rings. The number of esters is 1. The highest BCUT2D eigenvalue weighted by atomic mass is 79.9. The number of aliphatic hydroxyl groups excluding tert-OH is 1. The van der Waals surface area contributed by atoms with Gasteiger partial charge in [-0.15, -0.1) is 11.3 Å². The summed E-state index contributed by atoms with van der Waals surface area (Å²) in [4.78, 5) is 27.3. The van der Waals surface area contributed by atoms with Gasteiger partial charge in [0, 0.05) is 27.9 Å². The molecule has 0 saturated carbocycles. The lowest BCUT2D eigenvalue weighted by molar-refractivity contribution is -0.0930. The lowest BCUT2D eigenvalue weighted by Gasteiger charge is -2.33. The number of carbonyl (C=O) groups is 2. The van der Waals surface area contributed by atoms with Gasteiger partial charge in [0.1, 0.15) is 11.0 Å². The molecule has 1 saturated heterocycles. The predicted molar refractivity (Wildman–Crippen MR) is 133 cm³/mol. The molecular weight excluding hydrogens is 544 g/mol. The van der Waals surface area contributed by atoms with E-state index < -0.39 is 24.2 Å². The zero-order valence-corrected chi connectivity index (χ0v) is 21.9. The van der Waals surface area contributed by atoms with Crippen LogP contribution in [0.1, 0.15) is 46.8 Å². The highest BCUT2D eigenvalue weighted by Crippen LogP contribution is 2.34. The van der Waals surface area contributed by atoms with Crippen LogP contribution in [0.25, 0.3) is 0 Å². The van der Waals surface area contributed by atoms with E-state index in [1.54, 1.807) is 26.0 Å². The first-order valence-corrected chi connectivity index (χ1v) is 12.9. The number of rotatable bonds is 10. The molecule has 0 radical (unpaired) electrons. The maximum absolute atomic E-state index is 14.7. The number of aliphatic hydroxyl groups is 1. The smallest absolute Gasteiger partial charge is 0.410 e. The minimum absolute atomic E-state index is 0.175. The van der Waals surface area contributed by atoms with Crippen molar-refractivity contribution in [2.75, 3.05) is 13.2 Å². The Hall–Kier alpha value is -2.30. The fourth-order valence-electron chi connectivity index (χ4n) is 3.64. The molecule has 2 aromatic rings. The van der Waals surface area contributed by atoms with Gasteiger partial charge in [0.2, 0.25) is 0 Å². The molecule has 0 aliphatic carbocycles.